The van der Waals surface area contributed by atoms with E-state index in [1.807, 2.05) is 0 Å². The normalized spacial score (nSPS) is 14.4. The zero-order chi connectivity index (χ0) is 10.1. The van der Waals surface area contributed by atoms with Crippen LogP contribution in [0.4, 0.5) is 0 Å². The molecule has 0 radical (unpaired) electrons. The van der Waals surface area contributed by atoms with Crippen molar-refractivity contribution in [3.05, 3.63) is 0 Å². The molecule has 0 saturated carbocycles. The smallest absolute Gasteiger partial charge is 0.305 e. The number of aliphatic carboxylic acids is 1. The zero-order valence-electron chi connectivity index (χ0n) is 7.36. The van der Waals surface area contributed by atoms with E-state index >= 15 is 0 Å². The van der Waals surface area contributed by atoms with E-state index in [2.05, 4.69) is 4.74 Å². The molecule has 0 aromatic carbocycles. The van der Waals surface area contributed by atoms with Crippen LogP contribution >= 0.6 is 0 Å². The minimum Gasteiger partial charge on any atom is -0.481 e. The van der Waals surface area contributed by atoms with E-state index in [1.165, 1.54) is 0 Å². The van der Waals surface area contributed by atoms with Gasteiger partial charge in [-0.25, -0.2) is 0 Å². The molecule has 1 saturated heterocycles. The molecule has 0 bridgehead atoms. The van der Waals surface area contributed by atoms with E-state index in [0.717, 1.165) is 6.42 Å². The summed E-state index contributed by atoms with van der Waals surface area (Å²) in [5.74, 6) is -0.899. The van der Waals surface area contributed by atoms with Crippen LogP contribution in [-0.4, -0.2) is 35.4 Å². The Morgan fingerprint density at radius 3 is 2.38 bits per heavy atom. The van der Waals surface area contributed by atoms with Gasteiger partial charge in [-0.3, -0.25) is 9.59 Å². The van der Waals surface area contributed by atoms with Crippen LogP contribution in [0.5, 0.6) is 0 Å². The lowest BCUT2D eigenvalue weighted by atomic mass is 10.3. The lowest BCUT2D eigenvalue weighted by Gasteiger charge is -1.85. The highest BCUT2D eigenvalue weighted by molar-refractivity contribution is 5.70. The van der Waals surface area contributed by atoms with Crippen LogP contribution < -0.4 is 0 Å². The maximum absolute atomic E-state index is 10.0. The first-order valence-corrected chi connectivity index (χ1v) is 4.15. The molecule has 1 heterocycles. The van der Waals surface area contributed by atoms with Crippen LogP contribution in [0.3, 0.4) is 0 Å². The van der Waals surface area contributed by atoms with Gasteiger partial charge in [-0.15, -0.1) is 0 Å². The number of carboxylic acid groups (broad SMARTS) is 1. The second-order valence-electron chi connectivity index (χ2n) is 2.54. The molecule has 1 rings (SSSR count). The first-order valence-electron chi connectivity index (χ1n) is 4.15. The van der Waals surface area contributed by atoms with Gasteiger partial charge in [0.15, 0.2) is 0 Å². The summed E-state index contributed by atoms with van der Waals surface area (Å²) < 4.78 is 4.51. The lowest BCUT2D eigenvalue weighted by molar-refractivity contribution is -0.138. The number of carbonyl (C=O) groups is 2. The van der Waals surface area contributed by atoms with Crippen molar-refractivity contribution in [1.82, 2.24) is 0 Å². The summed E-state index contributed by atoms with van der Waals surface area (Å²) >= 11 is 0. The van der Waals surface area contributed by atoms with E-state index < -0.39 is 5.97 Å². The highest BCUT2D eigenvalue weighted by atomic mass is 16.5. The van der Waals surface area contributed by atoms with E-state index in [4.69, 9.17) is 10.2 Å². The Bertz CT molecular complexity index is 158. The van der Waals surface area contributed by atoms with Gasteiger partial charge in [0.1, 0.15) is 0 Å². The van der Waals surface area contributed by atoms with Crippen molar-refractivity contribution in [3.8, 4) is 0 Å². The van der Waals surface area contributed by atoms with E-state index in [-0.39, 0.29) is 19.0 Å². The van der Waals surface area contributed by atoms with Crippen LogP contribution in [0.2, 0.25) is 0 Å². The Hall–Kier alpha value is -1.10. The van der Waals surface area contributed by atoms with E-state index in [0.29, 0.717) is 19.4 Å². The molecule has 0 amide bonds. The second-order valence-corrected chi connectivity index (χ2v) is 2.54. The number of hydrogen-bond donors (Lipinski definition) is 2. The number of carboxylic acids is 1. The van der Waals surface area contributed by atoms with E-state index in [9.17, 15) is 9.59 Å². The zero-order valence-corrected chi connectivity index (χ0v) is 7.36. The number of aliphatic hydroxyl groups is 1. The van der Waals surface area contributed by atoms with Gasteiger partial charge >= 0.3 is 11.9 Å². The van der Waals surface area contributed by atoms with Crippen molar-refractivity contribution in [1.29, 1.82) is 0 Å². The topological polar surface area (TPSA) is 83.8 Å². The molecule has 2 N–H and O–H groups in total. The monoisotopic (exact) mass is 190 g/mol. The van der Waals surface area contributed by atoms with E-state index in [1.54, 1.807) is 0 Å². The molecule has 0 unspecified atom stereocenters. The number of esters is 1. The third-order valence-electron chi connectivity index (χ3n) is 1.34. The molecule has 1 aliphatic heterocycles. The Kier molecular flexibility index (Phi) is 6.91. The maximum Gasteiger partial charge on any atom is 0.305 e. The maximum atomic E-state index is 10.0. The van der Waals surface area contributed by atoms with Crippen molar-refractivity contribution < 1.29 is 24.5 Å². The largest absolute Gasteiger partial charge is 0.481 e. The summed E-state index contributed by atoms with van der Waals surface area (Å²) in [6, 6.07) is 0. The number of hydrogen-bond acceptors (Lipinski definition) is 4. The van der Waals surface area contributed by atoms with Crippen molar-refractivity contribution in [2.45, 2.75) is 25.7 Å². The third kappa shape index (κ3) is 8.81. The highest BCUT2D eigenvalue weighted by Crippen LogP contribution is 2.01. The summed E-state index contributed by atoms with van der Waals surface area (Å²) in [6.45, 7) is 0.602. The van der Waals surface area contributed by atoms with Crippen molar-refractivity contribution in [2.75, 3.05) is 13.2 Å². The van der Waals surface area contributed by atoms with Crippen LogP contribution in [0.1, 0.15) is 25.7 Å². The number of ether oxygens (including phenoxy) is 1. The third-order valence-corrected chi connectivity index (χ3v) is 1.34. The molecule has 5 heteroatoms. The van der Waals surface area contributed by atoms with Gasteiger partial charge in [0.25, 0.3) is 0 Å². The van der Waals surface area contributed by atoms with Gasteiger partial charge < -0.3 is 14.9 Å². The number of carbonyl (C=O) groups excluding carboxylic acids is 1. The van der Waals surface area contributed by atoms with Crippen LogP contribution in [-0.2, 0) is 14.3 Å². The van der Waals surface area contributed by atoms with Gasteiger partial charge in [-0.2, -0.15) is 0 Å². The number of cyclic esters (lactones) is 1. The molecule has 0 aliphatic carbocycles. The molecule has 0 aromatic heterocycles. The molecular formula is C8H14O5. The average molecular weight is 190 g/mol. The molecule has 1 aliphatic rings. The molecule has 0 aromatic rings. The Morgan fingerprint density at radius 2 is 2.23 bits per heavy atom. The fourth-order valence-electron chi connectivity index (χ4n) is 0.705. The number of rotatable bonds is 3. The van der Waals surface area contributed by atoms with Crippen molar-refractivity contribution in [2.24, 2.45) is 0 Å². The summed E-state index contributed by atoms with van der Waals surface area (Å²) in [4.78, 5) is 19.7. The SMILES string of the molecule is O=C(O)CCCO.O=C1CCCO1. The summed E-state index contributed by atoms with van der Waals surface area (Å²) in [6.07, 6.45) is 1.96. The first kappa shape index (κ1) is 11.9. The van der Waals surface area contributed by atoms with Gasteiger partial charge in [-0.1, -0.05) is 0 Å². The van der Waals surface area contributed by atoms with Gasteiger partial charge in [0.05, 0.1) is 6.61 Å². The van der Waals surface area contributed by atoms with Gasteiger partial charge in [-0.05, 0) is 12.8 Å². The lowest BCUT2D eigenvalue weighted by Crippen LogP contribution is -1.95. The molecule has 0 spiro atoms. The fraction of sp³-hybridized carbons (Fsp3) is 0.750. The van der Waals surface area contributed by atoms with Gasteiger partial charge in [0.2, 0.25) is 0 Å². The Labute approximate surface area is 76.3 Å². The van der Waals surface area contributed by atoms with Crippen LogP contribution in [0, 0.1) is 0 Å². The number of aliphatic hydroxyl groups excluding tert-OH is 1. The van der Waals surface area contributed by atoms with Crippen molar-refractivity contribution in [3.63, 3.8) is 0 Å². The minimum absolute atomic E-state index is 0.0354. The molecule has 5 nitrogen and oxygen atoms in total. The summed E-state index contributed by atoms with van der Waals surface area (Å²) in [5.41, 5.74) is 0. The Balaban J connectivity index is 0.000000223. The first-order chi connectivity index (χ1) is 6.16. The molecule has 76 valence electrons. The second kappa shape index (κ2) is 7.54. The quantitative estimate of drug-likeness (QED) is 0.619. The molecule has 1 fully saturated rings. The molecule has 0 atom stereocenters. The molecule has 13 heavy (non-hydrogen) atoms. The minimum atomic E-state index is -0.853. The predicted molar refractivity (Wildman–Crippen MR) is 44.1 cm³/mol. The van der Waals surface area contributed by atoms with Gasteiger partial charge in [0, 0.05) is 19.4 Å². The standard InChI is InChI=1S/C4H8O3.C4H6O2/c5-3-1-2-4(6)7;5-4-2-1-3-6-4/h5H,1-3H2,(H,6,7);1-3H2. The van der Waals surface area contributed by atoms with Crippen LogP contribution in [0.25, 0.3) is 0 Å². The summed E-state index contributed by atoms with van der Waals surface area (Å²) in [7, 11) is 0. The highest BCUT2D eigenvalue weighted by Gasteiger charge is 2.08. The Morgan fingerprint density at radius 1 is 1.54 bits per heavy atom. The summed E-state index contributed by atoms with van der Waals surface area (Å²) in [5, 5.41) is 16.0. The van der Waals surface area contributed by atoms with Crippen LogP contribution in [0.15, 0.2) is 0 Å². The average Bonchev–Trinajstić information content (AvgIpc) is 2.53. The fourth-order valence-corrected chi connectivity index (χ4v) is 0.705. The predicted octanol–water partition coefficient (Wildman–Crippen LogP) is 0.167. The molecular weight excluding hydrogens is 176 g/mol. The van der Waals surface area contributed by atoms with Crippen molar-refractivity contribution >= 4 is 11.9 Å².